The number of sulfone groups is 1. The fourth-order valence-corrected chi connectivity index (χ4v) is 5.19. The Labute approximate surface area is 208 Å². The molecule has 7 nitrogen and oxygen atoms in total. The van der Waals surface area contributed by atoms with E-state index in [1.54, 1.807) is 42.2 Å². The Kier molecular flexibility index (Phi) is 7.94. The molecule has 2 aromatic carbocycles. The number of rotatable bonds is 6. The molecule has 1 aliphatic rings. The number of nitrogens with zero attached hydrogens (tertiary/aromatic N) is 1. The number of nitrogens with one attached hydrogen (secondary N) is 1. The number of amides is 2. The highest BCUT2D eigenvalue weighted by Gasteiger charge is 2.35. The molecule has 0 spiro atoms. The number of carbonyl (C=O) groups is 2. The predicted octanol–water partition coefficient (Wildman–Crippen LogP) is 4.90. The Hall–Kier alpha value is -2.87. The van der Waals surface area contributed by atoms with Gasteiger partial charge in [0.2, 0.25) is 0 Å². The van der Waals surface area contributed by atoms with E-state index in [4.69, 9.17) is 4.74 Å². The molecule has 8 heteroatoms. The van der Waals surface area contributed by atoms with E-state index in [0.717, 1.165) is 16.7 Å². The van der Waals surface area contributed by atoms with Crippen LogP contribution >= 0.6 is 0 Å². The van der Waals surface area contributed by atoms with Gasteiger partial charge in [-0.15, -0.1) is 0 Å². The van der Waals surface area contributed by atoms with Crippen molar-refractivity contribution in [3.05, 3.63) is 64.7 Å². The molecule has 2 aromatic rings. The minimum absolute atomic E-state index is 0.0502. The van der Waals surface area contributed by atoms with Crippen LogP contribution in [0, 0.1) is 5.92 Å². The van der Waals surface area contributed by atoms with Gasteiger partial charge in [0.25, 0.3) is 5.91 Å². The van der Waals surface area contributed by atoms with Crippen LogP contribution in [0.2, 0.25) is 0 Å². The van der Waals surface area contributed by atoms with E-state index >= 15 is 0 Å². The van der Waals surface area contributed by atoms with Gasteiger partial charge in [0.05, 0.1) is 16.7 Å². The number of fused-ring (bicyclic) bond motifs is 1. The van der Waals surface area contributed by atoms with Crippen LogP contribution in [0.25, 0.3) is 0 Å². The molecule has 3 rings (SSSR count). The predicted molar refractivity (Wildman–Crippen MR) is 136 cm³/mol. The Morgan fingerprint density at radius 2 is 1.77 bits per heavy atom. The molecule has 0 radical (unpaired) electrons. The first kappa shape index (κ1) is 26.7. The summed E-state index contributed by atoms with van der Waals surface area (Å²) in [6.07, 6.45) is 0.327. The number of hydrogen-bond acceptors (Lipinski definition) is 5. The summed E-state index contributed by atoms with van der Waals surface area (Å²) in [5.74, 6) is 0.0312. The molecular weight excluding hydrogens is 464 g/mol. The number of hydrogen-bond donors (Lipinski definition) is 1. The van der Waals surface area contributed by atoms with E-state index in [1.165, 1.54) is 0 Å². The average Bonchev–Trinajstić information content (AvgIpc) is 2.80. The molecule has 1 unspecified atom stereocenters. The van der Waals surface area contributed by atoms with Crippen molar-refractivity contribution in [3.63, 3.8) is 0 Å². The highest BCUT2D eigenvalue weighted by Crippen LogP contribution is 2.36. The minimum atomic E-state index is -3.25. The third-order valence-corrected chi connectivity index (χ3v) is 7.81. The maximum absolute atomic E-state index is 12.8. The van der Waals surface area contributed by atoms with E-state index in [-0.39, 0.29) is 34.6 Å². The number of carbonyl (C=O) groups excluding carboxylic acids is 2. The van der Waals surface area contributed by atoms with Crippen LogP contribution < -0.4 is 5.32 Å². The van der Waals surface area contributed by atoms with Gasteiger partial charge in [-0.1, -0.05) is 39.0 Å². The Morgan fingerprint density at radius 1 is 1.11 bits per heavy atom. The fourth-order valence-electron chi connectivity index (χ4n) is 4.31. The Bertz CT molecular complexity index is 1180. The van der Waals surface area contributed by atoms with Crippen molar-refractivity contribution in [1.29, 1.82) is 0 Å². The molecule has 0 bridgehead atoms. The molecular formula is C27H36N2O5S. The molecule has 1 N–H and O–H groups in total. The maximum atomic E-state index is 12.8. The molecule has 35 heavy (non-hydrogen) atoms. The zero-order valence-electron chi connectivity index (χ0n) is 21.4. The number of benzene rings is 2. The van der Waals surface area contributed by atoms with Gasteiger partial charge in [-0.2, -0.15) is 0 Å². The van der Waals surface area contributed by atoms with Crippen molar-refractivity contribution in [2.24, 2.45) is 5.92 Å². The van der Waals surface area contributed by atoms with E-state index in [9.17, 15) is 18.0 Å². The van der Waals surface area contributed by atoms with Crippen molar-refractivity contribution in [2.75, 3.05) is 12.3 Å². The van der Waals surface area contributed by atoms with E-state index in [0.29, 0.717) is 25.1 Å². The first-order valence-corrected chi connectivity index (χ1v) is 13.7. The molecule has 1 atom stereocenters. The van der Waals surface area contributed by atoms with Crippen molar-refractivity contribution >= 4 is 21.8 Å². The number of ether oxygens (including phenoxy) is 1. The summed E-state index contributed by atoms with van der Waals surface area (Å²) in [5, 5.41) is 2.91. The molecule has 0 saturated carbocycles. The quantitative estimate of drug-likeness (QED) is 0.609. The molecule has 0 aliphatic carbocycles. The lowest BCUT2D eigenvalue weighted by atomic mass is 9.85. The summed E-state index contributed by atoms with van der Waals surface area (Å²) in [7, 11) is -3.25. The minimum Gasteiger partial charge on any atom is -0.444 e. The molecule has 0 aromatic heterocycles. The van der Waals surface area contributed by atoms with Gasteiger partial charge >= 0.3 is 6.09 Å². The van der Waals surface area contributed by atoms with E-state index in [1.807, 2.05) is 32.9 Å². The first-order valence-electron chi connectivity index (χ1n) is 12.0. The summed E-state index contributed by atoms with van der Waals surface area (Å²) < 4.78 is 29.6. The van der Waals surface area contributed by atoms with Crippen LogP contribution in [0.4, 0.5) is 4.79 Å². The van der Waals surface area contributed by atoms with Crippen molar-refractivity contribution in [1.82, 2.24) is 10.2 Å². The largest absolute Gasteiger partial charge is 0.444 e. The van der Waals surface area contributed by atoms with Gasteiger partial charge in [-0.25, -0.2) is 13.2 Å². The zero-order chi connectivity index (χ0) is 26.0. The van der Waals surface area contributed by atoms with Crippen LogP contribution in [0.3, 0.4) is 0 Å². The third-order valence-electron chi connectivity index (χ3n) is 6.06. The summed E-state index contributed by atoms with van der Waals surface area (Å²) in [6, 6.07) is 12.1. The second kappa shape index (κ2) is 10.4. The summed E-state index contributed by atoms with van der Waals surface area (Å²) in [4.78, 5) is 27.7. The van der Waals surface area contributed by atoms with Crippen LogP contribution in [-0.4, -0.2) is 43.2 Å². The molecule has 2 amide bonds. The first-order chi connectivity index (χ1) is 16.3. The van der Waals surface area contributed by atoms with E-state index < -0.39 is 15.4 Å². The lowest BCUT2D eigenvalue weighted by Gasteiger charge is -2.40. The lowest BCUT2D eigenvalue weighted by Crippen LogP contribution is -2.44. The second-order valence-corrected chi connectivity index (χ2v) is 12.5. The Morgan fingerprint density at radius 3 is 2.34 bits per heavy atom. The molecule has 1 aliphatic heterocycles. The van der Waals surface area contributed by atoms with Gasteiger partial charge in [0.1, 0.15) is 5.60 Å². The maximum Gasteiger partial charge on any atom is 0.410 e. The smallest absolute Gasteiger partial charge is 0.410 e. The van der Waals surface area contributed by atoms with Gasteiger partial charge in [0.15, 0.2) is 9.84 Å². The fraction of sp³-hybridized carbons (Fsp3) is 0.481. The van der Waals surface area contributed by atoms with Gasteiger partial charge in [-0.05, 0) is 74.1 Å². The molecule has 190 valence electrons. The van der Waals surface area contributed by atoms with Crippen LogP contribution in [0.1, 0.15) is 74.6 Å². The topological polar surface area (TPSA) is 92.8 Å². The lowest BCUT2D eigenvalue weighted by molar-refractivity contribution is 0.00875. The zero-order valence-corrected chi connectivity index (χ0v) is 22.2. The van der Waals surface area contributed by atoms with Gasteiger partial charge in [0, 0.05) is 18.7 Å². The average molecular weight is 501 g/mol. The SMILES string of the molecule is CCS(=O)(=O)c1ccc(CNC(=O)c2ccc3c(c2)CCN(C(=O)OC(C)(C)C)C3C(C)C)cc1. The Balaban J connectivity index is 1.72. The molecule has 1 heterocycles. The van der Waals surface area contributed by atoms with Gasteiger partial charge in [-0.3, -0.25) is 4.79 Å². The summed E-state index contributed by atoms with van der Waals surface area (Å²) in [5.41, 5.74) is 2.92. The van der Waals surface area contributed by atoms with Crippen LogP contribution in [0.5, 0.6) is 0 Å². The van der Waals surface area contributed by atoms with Crippen LogP contribution in [0.15, 0.2) is 47.4 Å². The third kappa shape index (κ3) is 6.42. The van der Waals surface area contributed by atoms with E-state index in [2.05, 4.69) is 19.2 Å². The van der Waals surface area contributed by atoms with Crippen LogP contribution in [-0.2, 0) is 27.5 Å². The van der Waals surface area contributed by atoms with Gasteiger partial charge < -0.3 is 15.0 Å². The second-order valence-electron chi connectivity index (χ2n) is 10.3. The standard InChI is InChI=1S/C27H36N2O5S/c1-7-35(32,33)22-11-8-19(9-12-22)17-28-25(30)21-10-13-23-20(16-21)14-15-29(24(23)18(2)3)26(31)34-27(4,5)6/h8-13,16,18,24H,7,14-15,17H2,1-6H3,(H,28,30). The molecule has 0 saturated heterocycles. The van der Waals surface area contributed by atoms with Crippen molar-refractivity contribution in [2.45, 2.75) is 71.0 Å². The summed E-state index contributed by atoms with van der Waals surface area (Å²) in [6.45, 7) is 12.2. The monoisotopic (exact) mass is 500 g/mol. The van der Waals surface area contributed by atoms with Crippen molar-refractivity contribution < 1.29 is 22.7 Å². The van der Waals surface area contributed by atoms with Crippen molar-refractivity contribution in [3.8, 4) is 0 Å². The highest BCUT2D eigenvalue weighted by atomic mass is 32.2. The molecule has 0 fully saturated rings. The highest BCUT2D eigenvalue weighted by molar-refractivity contribution is 7.91. The normalized spacial score (nSPS) is 16.1. The summed E-state index contributed by atoms with van der Waals surface area (Å²) >= 11 is 0.